The molecule has 1 N–H and O–H groups in total. The number of hydrogen-bond donors (Lipinski definition) is 1. The van der Waals surface area contributed by atoms with Crippen LogP contribution in [0.5, 0.6) is 0 Å². The van der Waals surface area contributed by atoms with E-state index in [9.17, 15) is 9.59 Å². The number of aryl methyl sites for hydroxylation is 1. The van der Waals surface area contributed by atoms with Crippen molar-refractivity contribution in [1.82, 2.24) is 4.90 Å². The van der Waals surface area contributed by atoms with E-state index in [1.807, 2.05) is 24.0 Å². The molecule has 132 valence electrons. The first-order valence-electron chi connectivity index (χ1n) is 9.05. The molecule has 1 aliphatic heterocycles. The monoisotopic (exact) mass is 333 g/mol. The van der Waals surface area contributed by atoms with Gasteiger partial charge in [0.05, 0.1) is 12.0 Å². The van der Waals surface area contributed by atoms with Crippen LogP contribution in [0, 0.1) is 24.7 Å². The summed E-state index contributed by atoms with van der Waals surface area (Å²) in [5.41, 5.74) is 0. The molecule has 2 aliphatic rings. The SMILES string of the molecule is Cc1ccc(C2CC(C)CCN2C(=O)C2CCC(C(=O)O)CC2)o1. The fourth-order valence-corrected chi connectivity index (χ4v) is 4.13. The third kappa shape index (κ3) is 3.50. The Hall–Kier alpha value is -1.78. The van der Waals surface area contributed by atoms with Gasteiger partial charge < -0.3 is 14.4 Å². The van der Waals surface area contributed by atoms with Gasteiger partial charge in [-0.25, -0.2) is 0 Å². The Labute approximate surface area is 143 Å². The minimum atomic E-state index is -0.725. The maximum Gasteiger partial charge on any atom is 0.306 e. The number of carbonyl (C=O) groups excluding carboxylic acids is 1. The zero-order chi connectivity index (χ0) is 17.3. The number of hydrogen-bond acceptors (Lipinski definition) is 3. The van der Waals surface area contributed by atoms with Crippen molar-refractivity contribution in [1.29, 1.82) is 0 Å². The Morgan fingerprint density at radius 2 is 1.79 bits per heavy atom. The van der Waals surface area contributed by atoms with Crippen molar-refractivity contribution in [2.75, 3.05) is 6.54 Å². The van der Waals surface area contributed by atoms with Gasteiger partial charge in [-0.1, -0.05) is 6.92 Å². The molecule has 2 heterocycles. The number of furan rings is 1. The van der Waals surface area contributed by atoms with E-state index in [2.05, 4.69) is 6.92 Å². The normalized spacial score (nSPS) is 31.0. The Morgan fingerprint density at radius 1 is 1.12 bits per heavy atom. The lowest BCUT2D eigenvalue weighted by atomic mass is 9.80. The minimum absolute atomic E-state index is 0.0205. The second-order valence-corrected chi connectivity index (χ2v) is 7.51. The maximum absolute atomic E-state index is 13.1. The van der Waals surface area contributed by atoms with Gasteiger partial charge in [0.2, 0.25) is 5.91 Å². The van der Waals surface area contributed by atoms with Crippen LogP contribution in [0.3, 0.4) is 0 Å². The van der Waals surface area contributed by atoms with Crippen LogP contribution in [-0.2, 0) is 9.59 Å². The third-order valence-electron chi connectivity index (χ3n) is 5.66. The molecule has 0 bridgehead atoms. The summed E-state index contributed by atoms with van der Waals surface area (Å²) in [5.74, 6) is 1.48. The number of carboxylic acids is 1. The predicted octanol–water partition coefficient (Wildman–Crippen LogP) is 3.78. The van der Waals surface area contributed by atoms with E-state index in [1.165, 1.54) is 0 Å². The smallest absolute Gasteiger partial charge is 0.306 e. The first kappa shape index (κ1) is 17.1. The second kappa shape index (κ2) is 6.99. The van der Waals surface area contributed by atoms with Crippen LogP contribution in [0.1, 0.15) is 63.0 Å². The largest absolute Gasteiger partial charge is 0.481 e. The van der Waals surface area contributed by atoms with Crippen LogP contribution in [-0.4, -0.2) is 28.4 Å². The highest BCUT2D eigenvalue weighted by Gasteiger charge is 2.38. The van der Waals surface area contributed by atoms with E-state index in [0.717, 1.165) is 30.9 Å². The van der Waals surface area contributed by atoms with Crippen LogP contribution in [0.15, 0.2) is 16.5 Å². The van der Waals surface area contributed by atoms with Crippen LogP contribution < -0.4 is 0 Å². The topological polar surface area (TPSA) is 70.8 Å². The number of carboxylic acid groups (broad SMARTS) is 1. The summed E-state index contributed by atoms with van der Waals surface area (Å²) >= 11 is 0. The van der Waals surface area contributed by atoms with Crippen molar-refractivity contribution in [3.8, 4) is 0 Å². The first-order chi connectivity index (χ1) is 11.5. The molecule has 1 aliphatic carbocycles. The van der Waals surface area contributed by atoms with Gasteiger partial charge in [-0.2, -0.15) is 0 Å². The quantitative estimate of drug-likeness (QED) is 0.914. The average Bonchev–Trinajstić information content (AvgIpc) is 3.00. The molecule has 2 unspecified atom stereocenters. The molecule has 1 aromatic heterocycles. The Kier molecular flexibility index (Phi) is 4.97. The van der Waals surface area contributed by atoms with E-state index >= 15 is 0 Å². The summed E-state index contributed by atoms with van der Waals surface area (Å²) in [4.78, 5) is 26.2. The highest BCUT2D eigenvalue weighted by atomic mass is 16.4. The van der Waals surface area contributed by atoms with E-state index in [0.29, 0.717) is 31.6 Å². The molecule has 0 radical (unpaired) electrons. The van der Waals surface area contributed by atoms with Crippen LogP contribution in [0.2, 0.25) is 0 Å². The molecule has 1 amide bonds. The fraction of sp³-hybridized carbons (Fsp3) is 0.684. The summed E-state index contributed by atoms with van der Waals surface area (Å²) < 4.78 is 5.82. The van der Waals surface area contributed by atoms with E-state index < -0.39 is 5.97 Å². The number of piperidine rings is 1. The van der Waals surface area contributed by atoms with Gasteiger partial charge in [0.1, 0.15) is 11.5 Å². The Morgan fingerprint density at radius 3 is 2.38 bits per heavy atom. The van der Waals surface area contributed by atoms with Gasteiger partial charge >= 0.3 is 5.97 Å². The van der Waals surface area contributed by atoms with Crippen LogP contribution in [0.25, 0.3) is 0 Å². The Bertz CT molecular complexity index is 600. The number of rotatable bonds is 3. The standard InChI is InChI=1S/C19H27NO4/c1-12-9-10-20(16(11-12)17-8-3-13(2)24-17)18(21)14-4-6-15(7-5-14)19(22)23/h3,8,12,14-16H,4-7,9-11H2,1-2H3,(H,22,23). The molecule has 1 saturated carbocycles. The number of carbonyl (C=O) groups is 2. The number of likely N-dealkylation sites (tertiary alicyclic amines) is 1. The van der Waals surface area contributed by atoms with Crippen molar-refractivity contribution in [2.45, 2.75) is 58.4 Å². The van der Waals surface area contributed by atoms with E-state index in [-0.39, 0.29) is 23.8 Å². The van der Waals surface area contributed by atoms with Crippen LogP contribution in [0.4, 0.5) is 0 Å². The van der Waals surface area contributed by atoms with Crippen molar-refractivity contribution >= 4 is 11.9 Å². The molecule has 1 saturated heterocycles. The summed E-state index contributed by atoms with van der Waals surface area (Å²) in [6.07, 6.45) is 4.55. The average molecular weight is 333 g/mol. The highest BCUT2D eigenvalue weighted by Crippen LogP contribution is 2.38. The lowest BCUT2D eigenvalue weighted by Crippen LogP contribution is -2.44. The first-order valence-corrected chi connectivity index (χ1v) is 9.05. The predicted molar refractivity (Wildman–Crippen MR) is 89.4 cm³/mol. The summed E-state index contributed by atoms with van der Waals surface area (Å²) in [5, 5.41) is 9.13. The highest BCUT2D eigenvalue weighted by molar-refractivity contribution is 5.80. The number of amides is 1. The van der Waals surface area contributed by atoms with E-state index in [4.69, 9.17) is 9.52 Å². The van der Waals surface area contributed by atoms with Gasteiger partial charge in [0.15, 0.2) is 0 Å². The summed E-state index contributed by atoms with van der Waals surface area (Å²) in [7, 11) is 0. The Balaban J connectivity index is 1.71. The maximum atomic E-state index is 13.1. The molecule has 24 heavy (non-hydrogen) atoms. The van der Waals surface area contributed by atoms with Crippen molar-refractivity contribution in [3.63, 3.8) is 0 Å². The van der Waals surface area contributed by atoms with Gasteiger partial charge in [0, 0.05) is 12.5 Å². The molecule has 1 aromatic rings. The molecule has 3 rings (SSSR count). The minimum Gasteiger partial charge on any atom is -0.481 e. The van der Waals surface area contributed by atoms with Gasteiger partial charge in [-0.3, -0.25) is 9.59 Å². The molecule has 2 fully saturated rings. The van der Waals surface area contributed by atoms with Crippen molar-refractivity contribution in [3.05, 3.63) is 23.7 Å². The molecule has 0 spiro atoms. The summed E-state index contributed by atoms with van der Waals surface area (Å²) in [6, 6.07) is 3.96. The summed E-state index contributed by atoms with van der Waals surface area (Å²) in [6.45, 7) is 4.92. The fourth-order valence-electron chi connectivity index (χ4n) is 4.13. The van der Waals surface area contributed by atoms with Crippen LogP contribution >= 0.6 is 0 Å². The third-order valence-corrected chi connectivity index (χ3v) is 5.66. The van der Waals surface area contributed by atoms with Gasteiger partial charge in [0.25, 0.3) is 0 Å². The zero-order valence-electron chi connectivity index (χ0n) is 14.5. The van der Waals surface area contributed by atoms with Gasteiger partial charge in [-0.05, 0) is 63.5 Å². The van der Waals surface area contributed by atoms with E-state index in [1.54, 1.807) is 0 Å². The number of aliphatic carboxylic acids is 1. The zero-order valence-corrected chi connectivity index (χ0v) is 14.5. The number of nitrogens with zero attached hydrogens (tertiary/aromatic N) is 1. The second-order valence-electron chi connectivity index (χ2n) is 7.51. The van der Waals surface area contributed by atoms with Crippen molar-refractivity contribution in [2.24, 2.45) is 17.8 Å². The lowest BCUT2D eigenvalue weighted by molar-refractivity contribution is -0.147. The molecule has 2 atom stereocenters. The van der Waals surface area contributed by atoms with Gasteiger partial charge in [-0.15, -0.1) is 0 Å². The molecule has 0 aromatic carbocycles. The molecule has 5 nitrogen and oxygen atoms in total. The lowest BCUT2D eigenvalue weighted by Gasteiger charge is -2.40. The molecular weight excluding hydrogens is 306 g/mol. The molecule has 5 heteroatoms. The van der Waals surface area contributed by atoms with Crippen molar-refractivity contribution < 1.29 is 19.1 Å². The molecular formula is C19H27NO4.